The number of fused-ring (bicyclic) bond motifs is 1. The number of aromatic nitrogens is 2. The number of ketones is 1. The Balaban J connectivity index is 2.17. The summed E-state index contributed by atoms with van der Waals surface area (Å²) in [5.41, 5.74) is 1.61. The number of hydrogen-bond donors (Lipinski definition) is 3. The van der Waals surface area contributed by atoms with Gasteiger partial charge in [0, 0.05) is 11.3 Å². The third-order valence-corrected chi connectivity index (χ3v) is 3.24. The highest BCUT2D eigenvalue weighted by Crippen LogP contribution is 2.12. The molecule has 0 aliphatic carbocycles. The van der Waals surface area contributed by atoms with Crippen LogP contribution < -0.4 is 5.69 Å². The molecule has 0 aliphatic heterocycles. The van der Waals surface area contributed by atoms with Gasteiger partial charge in [-0.1, -0.05) is 0 Å². The Morgan fingerprint density at radius 1 is 1.29 bits per heavy atom. The average Bonchev–Trinajstić information content (AvgIpc) is 2.68. The number of hydrogen-bond acceptors (Lipinski definition) is 4. The van der Waals surface area contributed by atoms with E-state index in [1.165, 1.54) is 11.8 Å². The van der Waals surface area contributed by atoms with E-state index in [4.69, 9.17) is 5.11 Å². The molecule has 0 unspecified atom stereocenters. The average molecular weight is 252 g/mol. The summed E-state index contributed by atoms with van der Waals surface area (Å²) in [4.78, 5) is 28.0. The largest absolute Gasteiger partial charge is 0.396 e. The number of carbonyl (C=O) groups is 1. The second-order valence-corrected chi connectivity index (χ2v) is 4.64. The van der Waals surface area contributed by atoms with E-state index in [2.05, 4.69) is 9.97 Å². The Hall–Kier alpha value is -1.53. The molecule has 17 heavy (non-hydrogen) atoms. The maximum absolute atomic E-state index is 11.8. The van der Waals surface area contributed by atoms with Gasteiger partial charge in [-0.25, -0.2) is 4.79 Å². The van der Waals surface area contributed by atoms with Gasteiger partial charge in [0.25, 0.3) is 0 Å². The number of nitrogens with one attached hydrogen (secondary N) is 2. The van der Waals surface area contributed by atoms with Gasteiger partial charge in [-0.3, -0.25) is 4.79 Å². The van der Waals surface area contributed by atoms with Crippen molar-refractivity contribution >= 4 is 28.6 Å². The van der Waals surface area contributed by atoms with Crippen molar-refractivity contribution in [1.29, 1.82) is 0 Å². The molecule has 6 heteroatoms. The molecule has 1 heterocycles. The van der Waals surface area contributed by atoms with Crippen LogP contribution in [-0.2, 0) is 0 Å². The molecule has 90 valence electrons. The molecule has 5 nitrogen and oxygen atoms in total. The van der Waals surface area contributed by atoms with Gasteiger partial charge >= 0.3 is 5.69 Å². The molecule has 0 radical (unpaired) electrons. The molecular weight excluding hydrogens is 240 g/mol. The van der Waals surface area contributed by atoms with Crippen LogP contribution in [0.5, 0.6) is 0 Å². The topological polar surface area (TPSA) is 85.9 Å². The minimum absolute atomic E-state index is 0.00704. The summed E-state index contributed by atoms with van der Waals surface area (Å²) < 4.78 is 0. The summed E-state index contributed by atoms with van der Waals surface area (Å²) in [6.45, 7) is 0.0715. The zero-order chi connectivity index (χ0) is 12.3. The first-order valence-corrected chi connectivity index (χ1v) is 6.30. The number of imidazole rings is 1. The normalized spacial score (nSPS) is 10.9. The number of aliphatic hydroxyl groups excluding tert-OH is 1. The molecule has 1 aromatic heterocycles. The summed E-state index contributed by atoms with van der Waals surface area (Å²) in [6, 6.07) is 5.06. The van der Waals surface area contributed by atoms with Crippen molar-refractivity contribution in [3.63, 3.8) is 0 Å². The maximum atomic E-state index is 11.8. The highest BCUT2D eigenvalue weighted by Gasteiger charge is 2.07. The number of H-pyrrole nitrogens is 2. The van der Waals surface area contributed by atoms with Gasteiger partial charge in [0.15, 0.2) is 5.78 Å². The maximum Gasteiger partial charge on any atom is 0.323 e. The van der Waals surface area contributed by atoms with E-state index in [0.29, 0.717) is 28.1 Å². The lowest BCUT2D eigenvalue weighted by Gasteiger charge is -2.00. The SMILES string of the molecule is O=C(CSCCO)c1ccc2[nH]c(=O)[nH]c2c1. The predicted molar refractivity (Wildman–Crippen MR) is 67.7 cm³/mol. The highest BCUT2D eigenvalue weighted by atomic mass is 32.2. The van der Waals surface area contributed by atoms with E-state index in [1.807, 2.05) is 0 Å². The third-order valence-electron chi connectivity index (χ3n) is 2.31. The Labute approximate surface area is 101 Å². The van der Waals surface area contributed by atoms with Crippen LogP contribution in [0.4, 0.5) is 0 Å². The first-order chi connectivity index (χ1) is 8.20. The molecule has 0 atom stereocenters. The Kier molecular flexibility index (Phi) is 3.65. The van der Waals surface area contributed by atoms with Gasteiger partial charge in [-0.05, 0) is 18.2 Å². The first-order valence-electron chi connectivity index (χ1n) is 5.14. The van der Waals surface area contributed by atoms with E-state index in [-0.39, 0.29) is 18.1 Å². The fourth-order valence-electron chi connectivity index (χ4n) is 1.52. The van der Waals surface area contributed by atoms with Crippen LogP contribution >= 0.6 is 11.8 Å². The number of Topliss-reactive ketones (excluding diaryl/α,β-unsaturated/α-hetero) is 1. The summed E-state index contributed by atoms with van der Waals surface area (Å²) in [5.74, 6) is 0.878. The van der Waals surface area contributed by atoms with Gasteiger partial charge < -0.3 is 15.1 Å². The van der Waals surface area contributed by atoms with Crippen LogP contribution in [0.3, 0.4) is 0 Å². The van der Waals surface area contributed by atoms with E-state index < -0.39 is 0 Å². The lowest BCUT2D eigenvalue weighted by atomic mass is 10.1. The molecule has 0 saturated carbocycles. The van der Waals surface area contributed by atoms with Crippen LogP contribution in [0.1, 0.15) is 10.4 Å². The molecule has 3 N–H and O–H groups in total. The number of aromatic amines is 2. The lowest BCUT2D eigenvalue weighted by molar-refractivity contribution is 0.102. The second-order valence-electron chi connectivity index (χ2n) is 3.54. The minimum Gasteiger partial charge on any atom is -0.396 e. The van der Waals surface area contributed by atoms with Gasteiger partial charge in [-0.15, -0.1) is 0 Å². The third kappa shape index (κ3) is 2.78. The molecule has 2 rings (SSSR count). The van der Waals surface area contributed by atoms with Gasteiger partial charge in [-0.2, -0.15) is 11.8 Å². The fourth-order valence-corrected chi connectivity index (χ4v) is 2.14. The van der Waals surface area contributed by atoms with Crippen molar-refractivity contribution in [2.45, 2.75) is 0 Å². The van der Waals surface area contributed by atoms with Crippen LogP contribution in [-0.4, -0.2) is 39.0 Å². The van der Waals surface area contributed by atoms with Crippen LogP contribution in [0.2, 0.25) is 0 Å². The number of rotatable bonds is 5. The standard InChI is InChI=1S/C11H12N2O3S/c14-3-4-17-6-10(15)7-1-2-8-9(5-7)13-11(16)12-8/h1-2,5,14H,3-4,6H2,(H2,12,13,16). The zero-order valence-electron chi connectivity index (χ0n) is 9.03. The zero-order valence-corrected chi connectivity index (χ0v) is 9.84. The van der Waals surface area contributed by atoms with Crippen molar-refractivity contribution in [2.75, 3.05) is 18.1 Å². The summed E-state index contributed by atoms with van der Waals surface area (Å²) in [7, 11) is 0. The molecule has 0 aliphatic rings. The fraction of sp³-hybridized carbons (Fsp3) is 0.273. The number of aliphatic hydroxyl groups is 1. The number of carbonyl (C=O) groups excluding carboxylic acids is 1. The molecule has 1 aromatic carbocycles. The van der Waals surface area contributed by atoms with Crippen molar-refractivity contribution < 1.29 is 9.90 Å². The molecule has 0 amide bonds. The molecule has 2 aromatic rings. The number of benzene rings is 1. The summed E-state index contributed by atoms with van der Waals surface area (Å²) >= 11 is 1.39. The Morgan fingerprint density at radius 3 is 2.82 bits per heavy atom. The van der Waals surface area contributed by atoms with Crippen molar-refractivity contribution in [3.8, 4) is 0 Å². The molecule has 0 saturated heterocycles. The van der Waals surface area contributed by atoms with E-state index >= 15 is 0 Å². The summed E-state index contributed by atoms with van der Waals surface area (Å²) in [6.07, 6.45) is 0. The van der Waals surface area contributed by atoms with Crippen molar-refractivity contribution in [1.82, 2.24) is 9.97 Å². The minimum atomic E-state index is -0.278. The van der Waals surface area contributed by atoms with Gasteiger partial charge in [0.05, 0.1) is 23.4 Å². The number of thioether (sulfide) groups is 1. The molecule has 0 spiro atoms. The van der Waals surface area contributed by atoms with Gasteiger partial charge in [0.1, 0.15) is 0 Å². The van der Waals surface area contributed by atoms with Crippen LogP contribution in [0.15, 0.2) is 23.0 Å². The van der Waals surface area contributed by atoms with Crippen LogP contribution in [0.25, 0.3) is 11.0 Å². The van der Waals surface area contributed by atoms with Crippen LogP contribution in [0, 0.1) is 0 Å². The first kappa shape index (κ1) is 11.9. The van der Waals surface area contributed by atoms with Crippen molar-refractivity contribution in [2.24, 2.45) is 0 Å². The second kappa shape index (κ2) is 5.20. The van der Waals surface area contributed by atoms with E-state index in [1.54, 1.807) is 18.2 Å². The Bertz CT molecular complexity index is 588. The van der Waals surface area contributed by atoms with Crippen molar-refractivity contribution in [3.05, 3.63) is 34.2 Å². The quantitative estimate of drug-likeness (QED) is 0.542. The lowest BCUT2D eigenvalue weighted by Crippen LogP contribution is -2.03. The predicted octanol–water partition coefficient (Wildman–Crippen LogP) is 0.764. The molecule has 0 fully saturated rings. The summed E-state index contributed by atoms with van der Waals surface area (Å²) in [5, 5.41) is 8.62. The molecule has 0 bridgehead atoms. The van der Waals surface area contributed by atoms with Gasteiger partial charge in [0.2, 0.25) is 0 Å². The monoisotopic (exact) mass is 252 g/mol. The highest BCUT2D eigenvalue weighted by molar-refractivity contribution is 8.00. The van der Waals surface area contributed by atoms with E-state index in [0.717, 1.165) is 0 Å². The van der Waals surface area contributed by atoms with E-state index in [9.17, 15) is 9.59 Å². The smallest absolute Gasteiger partial charge is 0.323 e. The Morgan fingerprint density at radius 2 is 2.06 bits per heavy atom. The molecular formula is C11H12N2O3S.